The number of nitrogens with zero attached hydrogens (tertiary/aromatic N) is 1. The van der Waals surface area contributed by atoms with Gasteiger partial charge in [0.15, 0.2) is 0 Å². The van der Waals surface area contributed by atoms with Gasteiger partial charge in [-0.15, -0.1) is 11.3 Å². The van der Waals surface area contributed by atoms with Crippen molar-refractivity contribution in [3.8, 4) is 22.3 Å². The summed E-state index contributed by atoms with van der Waals surface area (Å²) in [5, 5.41) is 2.62. The van der Waals surface area contributed by atoms with Crippen LogP contribution in [0.2, 0.25) is 0 Å². The lowest BCUT2D eigenvalue weighted by Crippen LogP contribution is -2.22. The minimum absolute atomic E-state index is 0.103. The van der Waals surface area contributed by atoms with Crippen LogP contribution in [0.1, 0.15) is 48.6 Å². The van der Waals surface area contributed by atoms with E-state index in [0.717, 1.165) is 0 Å². The van der Waals surface area contributed by atoms with Crippen LogP contribution < -0.4 is 4.90 Å². The SMILES string of the molecule is CC1(C)c2ccccc2-c2ccc(N(c3cccc4c3-c3ccccc3C4(C)c3ccccc3)c3cccc4c3sc3ccccc34)cc21. The van der Waals surface area contributed by atoms with Gasteiger partial charge in [0.1, 0.15) is 0 Å². The minimum Gasteiger partial charge on any atom is -0.308 e. The van der Waals surface area contributed by atoms with Crippen LogP contribution in [0.5, 0.6) is 0 Å². The zero-order valence-corrected chi connectivity index (χ0v) is 28.7. The summed E-state index contributed by atoms with van der Waals surface area (Å²) >= 11 is 1.89. The first-order chi connectivity index (χ1) is 24.0. The largest absolute Gasteiger partial charge is 0.308 e. The predicted molar refractivity (Wildman–Crippen MR) is 209 cm³/mol. The molecule has 1 unspecified atom stereocenters. The van der Waals surface area contributed by atoms with Gasteiger partial charge in [-0.05, 0) is 81.8 Å². The minimum atomic E-state index is -0.278. The molecule has 8 aromatic rings. The lowest BCUT2D eigenvalue weighted by Gasteiger charge is -2.31. The van der Waals surface area contributed by atoms with Crippen LogP contribution in [0, 0.1) is 0 Å². The second-order valence-corrected chi connectivity index (χ2v) is 15.3. The summed E-state index contributed by atoms with van der Waals surface area (Å²) in [7, 11) is 0. The Balaban J connectivity index is 1.29. The Morgan fingerprint density at radius 1 is 0.469 bits per heavy atom. The number of hydrogen-bond acceptors (Lipinski definition) is 2. The quantitative estimate of drug-likeness (QED) is 0.184. The Morgan fingerprint density at radius 2 is 1.10 bits per heavy atom. The molecule has 0 fully saturated rings. The van der Waals surface area contributed by atoms with E-state index >= 15 is 0 Å². The Kier molecular flexibility index (Phi) is 5.99. The topological polar surface area (TPSA) is 3.24 Å². The standard InChI is InChI=1S/C47H35NS/c1-46(2)37-21-10-7-17-32(37)33-28-27-31(29-40(33)46)48(42-25-13-20-35-34-18-9-12-26-43(34)49-45(35)42)41-24-14-23-39-44(41)36-19-8-11-22-38(36)47(39,3)30-15-5-4-6-16-30/h4-29H,1-3H3. The average molecular weight is 646 g/mol. The molecule has 1 nitrogen and oxygen atoms in total. The zero-order valence-electron chi connectivity index (χ0n) is 27.9. The smallest absolute Gasteiger partial charge is 0.0640 e. The van der Waals surface area contributed by atoms with Crippen molar-refractivity contribution >= 4 is 48.6 Å². The fraction of sp³-hybridized carbons (Fsp3) is 0.106. The third-order valence-corrected chi connectivity index (χ3v) is 12.6. The molecule has 1 atom stereocenters. The van der Waals surface area contributed by atoms with Gasteiger partial charge >= 0.3 is 0 Å². The molecule has 7 aromatic carbocycles. The van der Waals surface area contributed by atoms with Crippen LogP contribution in [-0.2, 0) is 10.8 Å². The molecule has 234 valence electrons. The third-order valence-electron chi connectivity index (χ3n) is 11.4. The molecule has 0 bridgehead atoms. The fourth-order valence-electron chi connectivity index (χ4n) is 8.94. The van der Waals surface area contributed by atoms with Gasteiger partial charge in [-0.1, -0.05) is 141 Å². The van der Waals surface area contributed by atoms with Gasteiger partial charge in [-0.3, -0.25) is 0 Å². The molecule has 0 radical (unpaired) electrons. The van der Waals surface area contributed by atoms with E-state index in [1.165, 1.54) is 87.3 Å². The number of benzene rings is 7. The van der Waals surface area contributed by atoms with Crippen LogP contribution in [0.25, 0.3) is 42.4 Å². The predicted octanol–water partition coefficient (Wildman–Crippen LogP) is 13.2. The van der Waals surface area contributed by atoms with Crippen LogP contribution in [-0.4, -0.2) is 0 Å². The average Bonchev–Trinajstić information content (AvgIpc) is 3.74. The second-order valence-electron chi connectivity index (χ2n) is 14.2. The molecule has 0 saturated heterocycles. The highest BCUT2D eigenvalue weighted by Crippen LogP contribution is 2.58. The molecule has 0 amide bonds. The van der Waals surface area contributed by atoms with Crippen LogP contribution in [0.15, 0.2) is 158 Å². The van der Waals surface area contributed by atoms with E-state index in [0.29, 0.717) is 0 Å². The van der Waals surface area contributed by atoms with E-state index < -0.39 is 0 Å². The van der Waals surface area contributed by atoms with Crippen molar-refractivity contribution in [1.82, 2.24) is 0 Å². The van der Waals surface area contributed by atoms with E-state index in [1.54, 1.807) is 0 Å². The zero-order chi connectivity index (χ0) is 32.9. The summed E-state index contributed by atoms with van der Waals surface area (Å²) < 4.78 is 2.62. The maximum Gasteiger partial charge on any atom is 0.0640 e. The number of thiophene rings is 1. The first-order valence-corrected chi connectivity index (χ1v) is 18.0. The molecule has 10 rings (SSSR count). The van der Waals surface area contributed by atoms with Gasteiger partial charge in [-0.25, -0.2) is 0 Å². The van der Waals surface area contributed by atoms with Crippen molar-refractivity contribution in [3.05, 3.63) is 186 Å². The first kappa shape index (κ1) is 28.6. The summed E-state index contributed by atoms with van der Waals surface area (Å²) in [6.45, 7) is 7.16. The maximum absolute atomic E-state index is 2.56. The van der Waals surface area contributed by atoms with Crippen LogP contribution >= 0.6 is 11.3 Å². The molecule has 2 aliphatic rings. The fourth-order valence-corrected chi connectivity index (χ4v) is 10.1. The molecule has 0 N–H and O–H groups in total. The van der Waals surface area contributed by atoms with E-state index in [-0.39, 0.29) is 10.8 Å². The van der Waals surface area contributed by atoms with E-state index in [4.69, 9.17) is 0 Å². The molecule has 2 heteroatoms. The highest BCUT2D eigenvalue weighted by atomic mass is 32.1. The monoisotopic (exact) mass is 645 g/mol. The van der Waals surface area contributed by atoms with Gasteiger partial charge in [0.25, 0.3) is 0 Å². The van der Waals surface area contributed by atoms with Crippen molar-refractivity contribution in [1.29, 1.82) is 0 Å². The molecule has 0 aliphatic heterocycles. The number of hydrogen-bond donors (Lipinski definition) is 0. The summed E-state index contributed by atoms with van der Waals surface area (Å²) in [6, 6.07) is 58.8. The van der Waals surface area contributed by atoms with Crippen molar-refractivity contribution in [2.75, 3.05) is 4.90 Å². The lowest BCUT2D eigenvalue weighted by atomic mass is 9.74. The summed E-state index contributed by atoms with van der Waals surface area (Å²) in [5.74, 6) is 0. The summed E-state index contributed by atoms with van der Waals surface area (Å²) in [4.78, 5) is 2.56. The molecule has 1 aromatic heterocycles. The molecule has 0 saturated carbocycles. The number of anilines is 3. The maximum atomic E-state index is 2.56. The van der Waals surface area contributed by atoms with Crippen molar-refractivity contribution in [2.45, 2.75) is 31.6 Å². The van der Waals surface area contributed by atoms with Gasteiger partial charge in [0.05, 0.1) is 16.1 Å². The van der Waals surface area contributed by atoms with Gasteiger partial charge in [0.2, 0.25) is 0 Å². The molecular formula is C47H35NS. The van der Waals surface area contributed by atoms with E-state index in [9.17, 15) is 0 Å². The first-order valence-electron chi connectivity index (χ1n) is 17.2. The Morgan fingerprint density at radius 3 is 1.96 bits per heavy atom. The van der Waals surface area contributed by atoms with Gasteiger partial charge < -0.3 is 4.90 Å². The normalized spacial score (nSPS) is 16.7. The van der Waals surface area contributed by atoms with E-state index in [1.807, 2.05) is 11.3 Å². The number of rotatable bonds is 4. The lowest BCUT2D eigenvalue weighted by molar-refractivity contribution is 0.660. The Labute approximate surface area is 291 Å². The Bertz CT molecular complexity index is 2610. The summed E-state index contributed by atoms with van der Waals surface area (Å²) in [6.07, 6.45) is 0. The highest BCUT2D eigenvalue weighted by molar-refractivity contribution is 7.26. The van der Waals surface area contributed by atoms with Gasteiger partial charge in [-0.2, -0.15) is 0 Å². The van der Waals surface area contributed by atoms with Crippen molar-refractivity contribution in [3.63, 3.8) is 0 Å². The molecule has 1 heterocycles. The van der Waals surface area contributed by atoms with Crippen molar-refractivity contribution in [2.24, 2.45) is 0 Å². The molecule has 2 aliphatic carbocycles. The molecule has 0 spiro atoms. The molecular weight excluding hydrogens is 611 g/mol. The molecule has 49 heavy (non-hydrogen) atoms. The van der Waals surface area contributed by atoms with Crippen molar-refractivity contribution < 1.29 is 0 Å². The van der Waals surface area contributed by atoms with Crippen LogP contribution in [0.4, 0.5) is 17.1 Å². The van der Waals surface area contributed by atoms with Gasteiger partial charge in [0, 0.05) is 37.6 Å². The Hall–Kier alpha value is -5.44. The van der Waals surface area contributed by atoms with E-state index in [2.05, 4.69) is 183 Å². The summed E-state index contributed by atoms with van der Waals surface area (Å²) in [5.41, 5.74) is 15.3. The second kappa shape index (κ2) is 10.3. The third kappa shape index (κ3) is 3.87. The highest BCUT2D eigenvalue weighted by Gasteiger charge is 2.43. The van der Waals surface area contributed by atoms with Crippen LogP contribution in [0.3, 0.4) is 0 Å². The number of fused-ring (bicyclic) bond motifs is 9.